The molecule has 0 unspecified atom stereocenters. The van der Waals surface area contributed by atoms with E-state index in [0.717, 1.165) is 74.9 Å². The van der Waals surface area contributed by atoms with Crippen LogP contribution in [-0.2, 0) is 0 Å². The van der Waals surface area contributed by atoms with E-state index in [1.165, 1.54) is 6.92 Å². The first-order valence-electron chi connectivity index (χ1n) is 14.1. The first-order valence-corrected chi connectivity index (χ1v) is 14.1. The van der Waals surface area contributed by atoms with E-state index in [-0.39, 0.29) is 22.9 Å². The third kappa shape index (κ3) is 5.17. The topological polar surface area (TPSA) is 113 Å². The zero-order valence-electron chi connectivity index (χ0n) is 23.3. The zero-order chi connectivity index (χ0) is 28.5. The zero-order valence-corrected chi connectivity index (χ0v) is 23.3. The summed E-state index contributed by atoms with van der Waals surface area (Å²) in [5, 5.41) is 3.91. The number of pyridine rings is 2. The second-order valence-electron chi connectivity index (χ2n) is 10.8. The SMILES string of the molecule is CC(=O)c1c(C)c2cnc(Nc3ccc(N4CCN(c5ccc(C=O)cc5)CC4)cn3)nc2n(C2CCCC2)c1=O. The van der Waals surface area contributed by atoms with Crippen LogP contribution in [0.15, 0.2) is 53.6 Å². The Balaban J connectivity index is 1.19. The number of carbonyl (C=O) groups is 2. The highest BCUT2D eigenvalue weighted by Crippen LogP contribution is 2.32. The second-order valence-corrected chi connectivity index (χ2v) is 10.8. The van der Waals surface area contributed by atoms with Crippen LogP contribution < -0.4 is 20.7 Å². The molecular weight excluding hydrogens is 518 g/mol. The van der Waals surface area contributed by atoms with Crippen LogP contribution >= 0.6 is 0 Å². The van der Waals surface area contributed by atoms with E-state index >= 15 is 0 Å². The van der Waals surface area contributed by atoms with E-state index in [1.807, 2.05) is 42.6 Å². The molecule has 4 aromatic rings. The molecule has 210 valence electrons. The minimum atomic E-state index is -0.264. The number of aromatic nitrogens is 4. The lowest BCUT2D eigenvalue weighted by molar-refractivity contribution is 0.101. The molecular formula is C31H33N7O3. The average molecular weight is 552 g/mol. The molecule has 0 spiro atoms. The molecule has 1 aliphatic carbocycles. The highest BCUT2D eigenvalue weighted by atomic mass is 16.1. The Labute approximate surface area is 238 Å². The van der Waals surface area contributed by atoms with Crippen molar-refractivity contribution >= 4 is 46.2 Å². The molecule has 1 N–H and O–H groups in total. The summed E-state index contributed by atoms with van der Waals surface area (Å²) >= 11 is 0. The Morgan fingerprint density at radius 1 is 0.927 bits per heavy atom. The normalized spacial score (nSPS) is 15.9. The Bertz CT molecular complexity index is 1650. The van der Waals surface area contributed by atoms with Crippen molar-refractivity contribution in [2.24, 2.45) is 0 Å². The molecule has 1 aromatic carbocycles. The van der Waals surface area contributed by atoms with E-state index < -0.39 is 0 Å². The molecule has 4 heterocycles. The van der Waals surface area contributed by atoms with Crippen molar-refractivity contribution in [1.29, 1.82) is 0 Å². The molecule has 2 aliphatic rings. The van der Waals surface area contributed by atoms with Gasteiger partial charge in [-0.3, -0.25) is 19.0 Å². The molecule has 0 amide bonds. The summed E-state index contributed by atoms with van der Waals surface area (Å²) in [6.45, 7) is 6.70. The predicted molar refractivity (Wildman–Crippen MR) is 160 cm³/mol. The third-order valence-electron chi connectivity index (χ3n) is 8.28. The molecule has 0 radical (unpaired) electrons. The number of nitrogens with one attached hydrogen (secondary N) is 1. The standard InChI is InChI=1S/C31H33N7O3/c1-20-26-18-33-31(35-29(26)38(24-5-3-4-6-24)30(41)28(20)21(2)40)34-27-12-11-25(17-32-27)37-15-13-36(14-16-37)23-9-7-22(19-39)8-10-23/h7-12,17-19,24H,3-6,13-16H2,1-2H3,(H,32,33,34,35). The Hall–Kier alpha value is -4.60. The van der Waals surface area contributed by atoms with Crippen LogP contribution in [0.25, 0.3) is 11.0 Å². The maximum Gasteiger partial charge on any atom is 0.263 e. The molecule has 10 heteroatoms. The number of benzene rings is 1. The lowest BCUT2D eigenvalue weighted by atomic mass is 10.0. The maximum absolute atomic E-state index is 13.4. The van der Waals surface area contributed by atoms with E-state index in [0.29, 0.717) is 28.5 Å². The molecule has 6 rings (SSSR count). The van der Waals surface area contributed by atoms with Gasteiger partial charge < -0.3 is 15.1 Å². The summed E-state index contributed by atoms with van der Waals surface area (Å²) in [6.07, 6.45) is 8.29. The monoisotopic (exact) mass is 551 g/mol. The minimum absolute atomic E-state index is 0.0278. The van der Waals surface area contributed by atoms with Crippen LogP contribution in [0.4, 0.5) is 23.1 Å². The summed E-state index contributed by atoms with van der Waals surface area (Å²) in [5.41, 5.74) is 3.97. The number of carbonyl (C=O) groups excluding carboxylic acids is 2. The average Bonchev–Trinajstić information content (AvgIpc) is 3.52. The number of fused-ring (bicyclic) bond motifs is 1. The number of rotatable bonds is 7. The van der Waals surface area contributed by atoms with Crippen LogP contribution in [0.1, 0.15) is 64.9 Å². The van der Waals surface area contributed by atoms with Gasteiger partial charge in [-0.2, -0.15) is 4.98 Å². The highest BCUT2D eigenvalue weighted by molar-refractivity contribution is 5.99. The molecule has 3 aromatic heterocycles. The number of Topliss-reactive ketones (excluding diaryl/α,β-unsaturated/α-hetero) is 1. The first kappa shape index (κ1) is 26.6. The van der Waals surface area contributed by atoms with Crippen LogP contribution in [0.5, 0.6) is 0 Å². The number of aldehydes is 1. The largest absolute Gasteiger partial charge is 0.368 e. The van der Waals surface area contributed by atoms with Gasteiger partial charge in [-0.1, -0.05) is 12.8 Å². The summed E-state index contributed by atoms with van der Waals surface area (Å²) in [7, 11) is 0. The van der Waals surface area contributed by atoms with E-state index in [2.05, 4.69) is 25.1 Å². The number of anilines is 4. The molecule has 10 nitrogen and oxygen atoms in total. The summed E-state index contributed by atoms with van der Waals surface area (Å²) in [5.74, 6) is 0.726. The molecule has 0 atom stereocenters. The van der Waals surface area contributed by atoms with Gasteiger partial charge in [-0.25, -0.2) is 9.97 Å². The highest BCUT2D eigenvalue weighted by Gasteiger charge is 2.26. The molecule has 1 aliphatic heterocycles. The van der Waals surface area contributed by atoms with Crippen molar-refractivity contribution in [2.45, 2.75) is 45.6 Å². The van der Waals surface area contributed by atoms with Crippen LogP contribution in [0.2, 0.25) is 0 Å². The summed E-state index contributed by atoms with van der Waals surface area (Å²) < 4.78 is 1.71. The van der Waals surface area contributed by atoms with Crippen LogP contribution in [-0.4, -0.2) is 57.8 Å². The van der Waals surface area contributed by atoms with Crippen molar-refractivity contribution in [3.05, 3.63) is 75.8 Å². The van der Waals surface area contributed by atoms with Gasteiger partial charge in [0.25, 0.3) is 5.56 Å². The van der Waals surface area contributed by atoms with Crippen molar-refractivity contribution in [3.8, 4) is 0 Å². The van der Waals surface area contributed by atoms with Crippen molar-refractivity contribution in [2.75, 3.05) is 41.3 Å². The fourth-order valence-corrected chi connectivity index (χ4v) is 6.06. The predicted octanol–water partition coefficient (Wildman–Crippen LogP) is 4.70. The van der Waals surface area contributed by atoms with E-state index in [9.17, 15) is 14.4 Å². The van der Waals surface area contributed by atoms with E-state index in [4.69, 9.17) is 4.98 Å². The fourth-order valence-electron chi connectivity index (χ4n) is 6.06. The fraction of sp³-hybridized carbons (Fsp3) is 0.355. The number of hydrogen-bond acceptors (Lipinski definition) is 9. The molecule has 2 fully saturated rings. The Kier molecular flexibility index (Phi) is 7.21. The van der Waals surface area contributed by atoms with Crippen molar-refractivity contribution < 1.29 is 9.59 Å². The number of hydrogen-bond donors (Lipinski definition) is 1. The minimum Gasteiger partial charge on any atom is -0.368 e. The number of ketones is 1. The van der Waals surface area contributed by atoms with Crippen molar-refractivity contribution in [3.63, 3.8) is 0 Å². The number of aryl methyl sites for hydroxylation is 1. The Morgan fingerprint density at radius 3 is 2.20 bits per heavy atom. The van der Waals surface area contributed by atoms with Gasteiger partial charge in [0.1, 0.15) is 17.8 Å². The van der Waals surface area contributed by atoms with Crippen LogP contribution in [0.3, 0.4) is 0 Å². The first-order chi connectivity index (χ1) is 19.9. The molecule has 1 saturated heterocycles. The van der Waals surface area contributed by atoms with E-state index in [1.54, 1.807) is 17.7 Å². The van der Waals surface area contributed by atoms with Gasteiger partial charge >= 0.3 is 0 Å². The molecule has 41 heavy (non-hydrogen) atoms. The maximum atomic E-state index is 13.4. The molecule has 0 bridgehead atoms. The Morgan fingerprint density at radius 2 is 1.59 bits per heavy atom. The number of nitrogens with zero attached hydrogens (tertiary/aromatic N) is 6. The lowest BCUT2D eigenvalue weighted by Crippen LogP contribution is -2.46. The van der Waals surface area contributed by atoms with Gasteiger partial charge in [-0.15, -0.1) is 0 Å². The summed E-state index contributed by atoms with van der Waals surface area (Å²) in [6, 6.07) is 11.6. The quantitative estimate of drug-likeness (QED) is 0.258. The van der Waals surface area contributed by atoms with Gasteiger partial charge in [0.15, 0.2) is 5.78 Å². The second kappa shape index (κ2) is 11.1. The van der Waals surface area contributed by atoms with Crippen LogP contribution in [0, 0.1) is 6.92 Å². The third-order valence-corrected chi connectivity index (χ3v) is 8.28. The lowest BCUT2D eigenvalue weighted by Gasteiger charge is -2.37. The summed E-state index contributed by atoms with van der Waals surface area (Å²) in [4.78, 5) is 55.2. The van der Waals surface area contributed by atoms with Gasteiger partial charge in [-0.05, 0) is 68.7 Å². The smallest absolute Gasteiger partial charge is 0.263 e. The van der Waals surface area contributed by atoms with Crippen molar-refractivity contribution in [1.82, 2.24) is 19.5 Å². The van der Waals surface area contributed by atoms with Gasteiger partial charge in [0.2, 0.25) is 5.95 Å². The molecule has 1 saturated carbocycles. The van der Waals surface area contributed by atoms with Gasteiger partial charge in [0.05, 0.1) is 17.4 Å². The van der Waals surface area contributed by atoms with Gasteiger partial charge in [0, 0.05) is 55.1 Å². The number of piperazine rings is 1.